The number of nitrogens with one attached hydrogen (secondary N) is 1. The van der Waals surface area contributed by atoms with Crippen LogP contribution in [0.4, 0.5) is 0 Å². The molecule has 2 aromatic rings. The second-order valence-corrected chi connectivity index (χ2v) is 4.58. The summed E-state index contributed by atoms with van der Waals surface area (Å²) in [6.07, 6.45) is 1.29. The van der Waals surface area contributed by atoms with Gasteiger partial charge in [-0.3, -0.25) is 4.79 Å². The van der Waals surface area contributed by atoms with Gasteiger partial charge in [0, 0.05) is 20.0 Å². The van der Waals surface area contributed by atoms with E-state index in [2.05, 4.69) is 10.3 Å². The van der Waals surface area contributed by atoms with E-state index in [1.54, 1.807) is 7.05 Å². The van der Waals surface area contributed by atoms with Crippen LogP contribution in [0.5, 0.6) is 0 Å². The maximum Gasteiger partial charge on any atom is 0.258 e. The minimum atomic E-state index is -0.295. The van der Waals surface area contributed by atoms with Crippen molar-refractivity contribution in [1.29, 1.82) is 0 Å². The third-order valence-electron chi connectivity index (χ3n) is 3.42. The van der Waals surface area contributed by atoms with Crippen molar-refractivity contribution in [3.8, 4) is 0 Å². The number of imidazole rings is 1. The molecule has 0 bridgehead atoms. The number of aliphatic hydroxyl groups is 1. The zero-order chi connectivity index (χ0) is 13.4. The molecule has 0 saturated heterocycles. The molecule has 2 N–H and O–H groups in total. The van der Waals surface area contributed by atoms with Crippen LogP contribution in [-0.4, -0.2) is 27.6 Å². The third-order valence-corrected chi connectivity index (χ3v) is 3.42. The van der Waals surface area contributed by atoms with Crippen LogP contribution < -0.4 is 5.32 Å². The summed E-state index contributed by atoms with van der Waals surface area (Å²) in [6, 6.07) is 7.76. The molecule has 98 valence electrons. The Bertz CT molecular complexity index is 685. The Morgan fingerprint density at radius 1 is 1.42 bits per heavy atom. The molecule has 0 saturated carbocycles. The van der Waals surface area contributed by atoms with E-state index >= 15 is 0 Å². The fraction of sp³-hybridized carbons (Fsp3) is 0.286. The number of para-hydroxylation sites is 2. The van der Waals surface area contributed by atoms with Crippen LogP contribution in [0.25, 0.3) is 16.6 Å². The molecule has 3 rings (SSSR count). The highest BCUT2D eigenvalue weighted by Gasteiger charge is 2.25. The number of amides is 1. The normalized spacial score (nSPS) is 15.2. The fourth-order valence-electron chi connectivity index (χ4n) is 2.51. The number of aryl methyl sites for hydroxylation is 1. The summed E-state index contributed by atoms with van der Waals surface area (Å²) in [6.45, 7) is 0.750. The van der Waals surface area contributed by atoms with Gasteiger partial charge in [0.15, 0.2) is 0 Å². The second-order valence-electron chi connectivity index (χ2n) is 4.58. The van der Waals surface area contributed by atoms with E-state index in [9.17, 15) is 9.90 Å². The number of hydrogen-bond donors (Lipinski definition) is 2. The highest BCUT2D eigenvalue weighted by molar-refractivity contribution is 6.19. The first-order valence-corrected chi connectivity index (χ1v) is 6.32. The maximum atomic E-state index is 12.0. The van der Waals surface area contributed by atoms with Gasteiger partial charge in [0.05, 0.1) is 11.0 Å². The van der Waals surface area contributed by atoms with Crippen molar-refractivity contribution in [2.45, 2.75) is 19.4 Å². The number of benzene rings is 1. The predicted octanol–water partition coefficient (Wildman–Crippen LogP) is 1.85. The number of carbonyl (C=O) groups excluding carboxylic acids is 1. The average Bonchev–Trinajstić information content (AvgIpc) is 2.69. The summed E-state index contributed by atoms with van der Waals surface area (Å²) in [5, 5.41) is 12.7. The molecular weight excluding hydrogens is 242 g/mol. The number of hydrogen-bond acceptors (Lipinski definition) is 3. The Labute approximate surface area is 110 Å². The zero-order valence-corrected chi connectivity index (χ0v) is 10.7. The van der Waals surface area contributed by atoms with E-state index in [0.29, 0.717) is 12.2 Å². The van der Waals surface area contributed by atoms with E-state index in [1.165, 1.54) is 0 Å². The lowest BCUT2D eigenvalue weighted by molar-refractivity contribution is -0.115. The van der Waals surface area contributed by atoms with E-state index in [4.69, 9.17) is 0 Å². The van der Waals surface area contributed by atoms with Crippen LogP contribution in [0.2, 0.25) is 0 Å². The van der Waals surface area contributed by atoms with Crippen LogP contribution in [0.15, 0.2) is 30.0 Å². The molecule has 0 spiro atoms. The van der Waals surface area contributed by atoms with Crippen LogP contribution in [-0.2, 0) is 11.3 Å². The lowest BCUT2D eigenvalue weighted by Crippen LogP contribution is -2.22. The molecule has 0 aliphatic carbocycles. The monoisotopic (exact) mass is 257 g/mol. The van der Waals surface area contributed by atoms with Crippen molar-refractivity contribution < 1.29 is 9.90 Å². The van der Waals surface area contributed by atoms with E-state index < -0.39 is 0 Å². The van der Waals surface area contributed by atoms with Crippen molar-refractivity contribution in [3.63, 3.8) is 0 Å². The second kappa shape index (κ2) is 4.42. The zero-order valence-electron chi connectivity index (χ0n) is 10.7. The van der Waals surface area contributed by atoms with Gasteiger partial charge >= 0.3 is 0 Å². The maximum absolute atomic E-state index is 12.0. The Morgan fingerprint density at radius 3 is 3.00 bits per heavy atom. The molecule has 1 aliphatic heterocycles. The Hall–Kier alpha value is -2.30. The van der Waals surface area contributed by atoms with Crippen molar-refractivity contribution in [2.75, 3.05) is 7.05 Å². The molecule has 2 heterocycles. The Morgan fingerprint density at radius 2 is 2.21 bits per heavy atom. The lowest BCUT2D eigenvalue weighted by atomic mass is 10.1. The first-order valence-electron chi connectivity index (χ1n) is 6.32. The molecule has 1 aromatic carbocycles. The number of fused-ring (bicyclic) bond motifs is 3. The quantitative estimate of drug-likeness (QED) is 0.819. The minimum absolute atomic E-state index is 0.119. The van der Waals surface area contributed by atoms with Gasteiger partial charge in [0.25, 0.3) is 5.91 Å². The third kappa shape index (κ3) is 1.78. The highest BCUT2D eigenvalue weighted by atomic mass is 16.3. The molecule has 1 aromatic heterocycles. The molecular formula is C14H15N3O2. The summed E-state index contributed by atoms with van der Waals surface area (Å²) >= 11 is 0. The van der Waals surface area contributed by atoms with Crippen LogP contribution in [0.1, 0.15) is 18.7 Å². The number of allylic oxidation sites excluding steroid dienone is 1. The number of rotatable bonds is 1. The molecule has 1 amide bonds. The van der Waals surface area contributed by atoms with Crippen molar-refractivity contribution in [3.05, 3.63) is 35.8 Å². The average molecular weight is 257 g/mol. The predicted molar refractivity (Wildman–Crippen MR) is 72.6 cm³/mol. The smallest absolute Gasteiger partial charge is 0.258 e. The van der Waals surface area contributed by atoms with E-state index in [0.717, 1.165) is 24.0 Å². The molecule has 0 atom stereocenters. The number of carbonyl (C=O) groups is 1. The lowest BCUT2D eigenvalue weighted by Gasteiger charge is -2.07. The molecule has 0 unspecified atom stereocenters. The molecule has 1 aliphatic rings. The Balaban J connectivity index is 2.29. The molecule has 5 heteroatoms. The largest absolute Gasteiger partial charge is 0.511 e. The molecule has 5 nitrogen and oxygen atoms in total. The van der Waals surface area contributed by atoms with Crippen molar-refractivity contribution in [1.82, 2.24) is 14.9 Å². The van der Waals surface area contributed by atoms with Gasteiger partial charge in [0.2, 0.25) is 0 Å². The number of aromatic nitrogens is 2. The van der Waals surface area contributed by atoms with Gasteiger partial charge in [-0.05, 0) is 18.6 Å². The van der Waals surface area contributed by atoms with Gasteiger partial charge in [-0.25, -0.2) is 4.98 Å². The van der Waals surface area contributed by atoms with Gasteiger partial charge < -0.3 is 15.0 Å². The van der Waals surface area contributed by atoms with E-state index in [-0.39, 0.29) is 17.2 Å². The standard InChI is InChI=1S/C14H15N3O2/c1-15-14(19)12-11(18)7-4-8-17-10-6-3-2-5-9(10)16-13(12)17/h2-3,5-6,18H,4,7-8H2,1H3,(H,15,19). The fourth-order valence-corrected chi connectivity index (χ4v) is 2.51. The first-order chi connectivity index (χ1) is 9.22. The van der Waals surface area contributed by atoms with Crippen LogP contribution in [0, 0.1) is 0 Å². The van der Waals surface area contributed by atoms with Gasteiger partial charge in [-0.2, -0.15) is 0 Å². The first kappa shape index (κ1) is 11.8. The Kier molecular flexibility index (Phi) is 2.74. The highest BCUT2D eigenvalue weighted by Crippen LogP contribution is 2.28. The summed E-state index contributed by atoms with van der Waals surface area (Å²) in [4.78, 5) is 16.5. The van der Waals surface area contributed by atoms with E-state index in [1.807, 2.05) is 28.8 Å². The number of nitrogens with zero attached hydrogens (tertiary/aromatic N) is 2. The van der Waals surface area contributed by atoms with Crippen molar-refractivity contribution >= 4 is 22.5 Å². The summed E-state index contributed by atoms with van der Waals surface area (Å²) in [5.41, 5.74) is 2.12. The van der Waals surface area contributed by atoms with Gasteiger partial charge in [0.1, 0.15) is 17.2 Å². The SMILES string of the molecule is CNC(=O)C1=C(O)CCCn2c1nc1ccccc12. The number of aliphatic hydroxyl groups excluding tert-OH is 1. The number of likely N-dealkylation sites (N-methyl/N-ethyl adjacent to an activating group) is 1. The van der Waals surface area contributed by atoms with Gasteiger partial charge in [-0.1, -0.05) is 12.1 Å². The molecule has 19 heavy (non-hydrogen) atoms. The summed E-state index contributed by atoms with van der Waals surface area (Å²) < 4.78 is 2.00. The minimum Gasteiger partial charge on any atom is -0.511 e. The topological polar surface area (TPSA) is 67.2 Å². The van der Waals surface area contributed by atoms with Crippen molar-refractivity contribution in [2.24, 2.45) is 0 Å². The molecule has 0 fully saturated rings. The van der Waals surface area contributed by atoms with Crippen LogP contribution >= 0.6 is 0 Å². The van der Waals surface area contributed by atoms with Gasteiger partial charge in [-0.15, -0.1) is 0 Å². The molecule has 0 radical (unpaired) electrons. The van der Waals surface area contributed by atoms with Crippen LogP contribution in [0.3, 0.4) is 0 Å². The summed E-state index contributed by atoms with van der Waals surface area (Å²) in [5.74, 6) is 0.375. The summed E-state index contributed by atoms with van der Waals surface area (Å²) in [7, 11) is 1.56.